The highest BCUT2D eigenvalue weighted by Gasteiger charge is 2.30. The fourth-order valence-corrected chi connectivity index (χ4v) is 4.88. The van der Waals surface area contributed by atoms with E-state index in [-0.39, 0.29) is 23.9 Å². The molecule has 3 rings (SSSR count). The van der Waals surface area contributed by atoms with Gasteiger partial charge in [-0.3, -0.25) is 4.79 Å². The van der Waals surface area contributed by atoms with Crippen molar-refractivity contribution in [3.05, 3.63) is 35.3 Å². The molecule has 138 valence electrons. The minimum Gasteiger partial charge on any atom is -0.369 e. The average Bonchev–Trinajstić information content (AvgIpc) is 3.02. The van der Waals surface area contributed by atoms with E-state index in [1.165, 1.54) is 0 Å². The van der Waals surface area contributed by atoms with Crippen LogP contribution in [0.15, 0.2) is 38.9 Å². The third-order valence-corrected chi connectivity index (χ3v) is 6.43. The van der Waals surface area contributed by atoms with Gasteiger partial charge in [0.05, 0.1) is 5.92 Å². The normalized spacial score (nSPS) is 19.7. The number of carbonyl (C=O) groups excluding carboxylic acids is 2. The van der Waals surface area contributed by atoms with Crippen molar-refractivity contribution < 1.29 is 9.59 Å². The van der Waals surface area contributed by atoms with Crippen molar-refractivity contribution in [3.63, 3.8) is 0 Å². The number of benzene rings is 1. The van der Waals surface area contributed by atoms with Gasteiger partial charge in [-0.25, -0.2) is 9.78 Å². The molecular weight excluding hydrogens is 368 g/mol. The van der Waals surface area contributed by atoms with Gasteiger partial charge in [0.1, 0.15) is 0 Å². The van der Waals surface area contributed by atoms with Crippen LogP contribution in [-0.2, 0) is 4.79 Å². The summed E-state index contributed by atoms with van der Waals surface area (Å²) in [5.74, 6) is -0.621. The van der Waals surface area contributed by atoms with Crippen molar-refractivity contribution in [2.45, 2.75) is 47.9 Å². The minimum absolute atomic E-state index is 0.191. The number of amides is 3. The molecule has 2 atom stereocenters. The maximum absolute atomic E-state index is 12.2. The maximum Gasteiger partial charge on any atom is 0.319 e. The summed E-state index contributed by atoms with van der Waals surface area (Å²) in [6, 6.07) is 7.11. The number of nitrogens with one attached hydrogen (secondary N) is 2. The molecule has 1 fully saturated rings. The van der Waals surface area contributed by atoms with E-state index in [0.29, 0.717) is 5.69 Å². The van der Waals surface area contributed by atoms with Gasteiger partial charge in [-0.05, 0) is 44.0 Å². The van der Waals surface area contributed by atoms with Crippen LogP contribution in [0.5, 0.6) is 0 Å². The largest absolute Gasteiger partial charge is 0.369 e. The van der Waals surface area contributed by atoms with Gasteiger partial charge in [0.15, 0.2) is 4.34 Å². The minimum atomic E-state index is -0.339. The topological polar surface area (TPSA) is 97.1 Å². The van der Waals surface area contributed by atoms with Crippen molar-refractivity contribution >= 4 is 40.7 Å². The molecule has 4 N–H and O–H groups in total. The molecule has 3 amide bonds. The number of nitrogens with zero attached hydrogens (tertiary/aromatic N) is 1. The van der Waals surface area contributed by atoms with Gasteiger partial charge in [-0.1, -0.05) is 24.6 Å². The number of aryl methyl sites for hydroxylation is 1. The van der Waals surface area contributed by atoms with Gasteiger partial charge < -0.3 is 16.4 Å². The van der Waals surface area contributed by atoms with E-state index in [9.17, 15) is 9.59 Å². The molecular formula is C18H22N4O2S2. The van der Waals surface area contributed by atoms with Gasteiger partial charge >= 0.3 is 6.03 Å². The molecule has 0 saturated heterocycles. The number of primary amides is 1. The lowest BCUT2D eigenvalue weighted by Gasteiger charge is -2.29. The van der Waals surface area contributed by atoms with E-state index >= 15 is 0 Å². The van der Waals surface area contributed by atoms with Gasteiger partial charge in [-0.15, -0.1) is 11.3 Å². The Morgan fingerprint density at radius 3 is 2.62 bits per heavy atom. The first kappa shape index (κ1) is 18.7. The fourth-order valence-electron chi connectivity index (χ4n) is 3.07. The monoisotopic (exact) mass is 390 g/mol. The van der Waals surface area contributed by atoms with Crippen LogP contribution < -0.4 is 16.4 Å². The average molecular weight is 391 g/mol. The van der Waals surface area contributed by atoms with E-state index in [1.807, 2.05) is 36.6 Å². The van der Waals surface area contributed by atoms with Gasteiger partial charge in [0.2, 0.25) is 5.91 Å². The molecule has 0 unspecified atom stereocenters. The molecule has 1 aliphatic carbocycles. The molecule has 0 aliphatic heterocycles. The van der Waals surface area contributed by atoms with Gasteiger partial charge in [-0.2, -0.15) is 0 Å². The third kappa shape index (κ3) is 4.98. The standard InChI is InChI=1S/C18H22N4O2S2/c1-11-10-25-18(20-11)26-13-8-6-12(7-9-13)21-17(24)22-15-5-3-2-4-14(15)16(19)23/h6-10,14-15H,2-5H2,1H3,(H2,19,23)(H2,21,22,24)/t14-,15-/m1/s1. The Bertz CT molecular complexity index is 776. The number of hydrogen-bond donors (Lipinski definition) is 3. The van der Waals surface area contributed by atoms with Crippen LogP contribution in [0, 0.1) is 12.8 Å². The number of urea groups is 1. The summed E-state index contributed by atoms with van der Waals surface area (Å²) in [6.45, 7) is 1.97. The highest BCUT2D eigenvalue weighted by atomic mass is 32.2. The molecule has 2 aromatic rings. The maximum atomic E-state index is 12.2. The second-order valence-electron chi connectivity index (χ2n) is 6.38. The van der Waals surface area contributed by atoms with Gasteiger partial charge in [0, 0.05) is 27.7 Å². The number of anilines is 1. The van der Waals surface area contributed by atoms with Crippen LogP contribution in [0.2, 0.25) is 0 Å². The lowest BCUT2D eigenvalue weighted by molar-refractivity contribution is -0.123. The molecule has 0 bridgehead atoms. The molecule has 1 aromatic heterocycles. The van der Waals surface area contributed by atoms with Crippen molar-refractivity contribution in [2.24, 2.45) is 11.7 Å². The van der Waals surface area contributed by atoms with Crippen LogP contribution >= 0.6 is 23.1 Å². The van der Waals surface area contributed by atoms with Crippen LogP contribution in [-0.4, -0.2) is 23.0 Å². The second kappa shape index (κ2) is 8.55. The summed E-state index contributed by atoms with van der Waals surface area (Å²) in [5.41, 5.74) is 7.17. The predicted octanol–water partition coefficient (Wildman–Crippen LogP) is 3.77. The Balaban J connectivity index is 1.54. The van der Waals surface area contributed by atoms with Crippen molar-refractivity contribution in [1.82, 2.24) is 10.3 Å². The van der Waals surface area contributed by atoms with Gasteiger partial charge in [0.25, 0.3) is 0 Å². The number of aromatic nitrogens is 1. The fraction of sp³-hybridized carbons (Fsp3) is 0.389. The highest BCUT2D eigenvalue weighted by Crippen LogP contribution is 2.31. The first-order chi connectivity index (χ1) is 12.5. The Morgan fingerprint density at radius 1 is 1.23 bits per heavy atom. The molecule has 26 heavy (non-hydrogen) atoms. The predicted molar refractivity (Wildman–Crippen MR) is 105 cm³/mol. The SMILES string of the molecule is Cc1csc(Sc2ccc(NC(=O)N[C@@H]3CCCC[C@H]3C(N)=O)cc2)n1. The zero-order valence-electron chi connectivity index (χ0n) is 14.5. The first-order valence-corrected chi connectivity index (χ1v) is 10.3. The van der Waals surface area contributed by atoms with E-state index in [0.717, 1.165) is 40.6 Å². The van der Waals surface area contributed by atoms with E-state index in [2.05, 4.69) is 15.6 Å². The van der Waals surface area contributed by atoms with Crippen molar-refractivity contribution in [1.29, 1.82) is 0 Å². The summed E-state index contributed by atoms with van der Waals surface area (Å²) >= 11 is 3.21. The lowest BCUT2D eigenvalue weighted by Crippen LogP contribution is -2.48. The van der Waals surface area contributed by atoms with Crippen LogP contribution in [0.4, 0.5) is 10.5 Å². The van der Waals surface area contributed by atoms with Crippen molar-refractivity contribution in [2.75, 3.05) is 5.32 Å². The number of carbonyl (C=O) groups is 2. The van der Waals surface area contributed by atoms with Crippen LogP contribution in [0.1, 0.15) is 31.4 Å². The zero-order chi connectivity index (χ0) is 18.5. The quantitative estimate of drug-likeness (QED) is 0.724. The van der Waals surface area contributed by atoms with Crippen LogP contribution in [0.25, 0.3) is 0 Å². The molecule has 1 saturated carbocycles. The molecule has 0 radical (unpaired) electrons. The van der Waals surface area contributed by atoms with E-state index < -0.39 is 0 Å². The number of thiazole rings is 1. The summed E-state index contributed by atoms with van der Waals surface area (Å²) in [7, 11) is 0. The Labute approximate surface area is 161 Å². The molecule has 8 heteroatoms. The number of nitrogens with two attached hydrogens (primary N) is 1. The Morgan fingerprint density at radius 2 is 1.96 bits per heavy atom. The molecule has 6 nitrogen and oxygen atoms in total. The second-order valence-corrected chi connectivity index (χ2v) is 8.56. The third-order valence-electron chi connectivity index (χ3n) is 4.36. The summed E-state index contributed by atoms with van der Waals surface area (Å²) in [6.07, 6.45) is 3.49. The molecule has 0 spiro atoms. The molecule has 1 aliphatic rings. The highest BCUT2D eigenvalue weighted by molar-refractivity contribution is 8.01. The van der Waals surface area contributed by atoms with Crippen LogP contribution in [0.3, 0.4) is 0 Å². The Hall–Kier alpha value is -2.06. The zero-order valence-corrected chi connectivity index (χ0v) is 16.2. The number of rotatable bonds is 5. The first-order valence-electron chi connectivity index (χ1n) is 8.58. The molecule has 1 heterocycles. The summed E-state index contributed by atoms with van der Waals surface area (Å²) in [4.78, 5) is 29.3. The summed E-state index contributed by atoms with van der Waals surface area (Å²) in [5, 5.41) is 7.73. The van der Waals surface area contributed by atoms with E-state index in [4.69, 9.17) is 5.73 Å². The lowest BCUT2D eigenvalue weighted by atomic mass is 9.84. The Kier molecular flexibility index (Phi) is 6.16. The number of hydrogen-bond acceptors (Lipinski definition) is 5. The molecule has 1 aromatic carbocycles. The summed E-state index contributed by atoms with van der Waals surface area (Å²) < 4.78 is 0.996. The van der Waals surface area contributed by atoms with Crippen molar-refractivity contribution in [3.8, 4) is 0 Å². The van der Waals surface area contributed by atoms with E-state index in [1.54, 1.807) is 23.1 Å². The smallest absolute Gasteiger partial charge is 0.319 e.